The van der Waals surface area contributed by atoms with E-state index < -0.39 is 0 Å². The van der Waals surface area contributed by atoms with Crippen molar-refractivity contribution in [3.05, 3.63) is 57.1 Å². The van der Waals surface area contributed by atoms with Gasteiger partial charge in [-0.1, -0.05) is 28.1 Å². The fraction of sp³-hybridized carbons (Fsp3) is 0.167. The number of ether oxygens (including phenoxy) is 2. The largest absolute Gasteiger partial charge is 0.508 e. The van der Waals surface area contributed by atoms with Crippen molar-refractivity contribution in [3.63, 3.8) is 0 Å². The summed E-state index contributed by atoms with van der Waals surface area (Å²) in [6, 6.07) is 8.63. The minimum absolute atomic E-state index is 0.0578. The molecule has 2 aromatic carbocycles. The van der Waals surface area contributed by atoms with Crippen LogP contribution < -0.4 is 9.47 Å². The van der Waals surface area contributed by atoms with E-state index in [-0.39, 0.29) is 11.5 Å². The maximum absolute atomic E-state index is 12.5. The molecule has 2 aromatic rings. The van der Waals surface area contributed by atoms with Crippen LogP contribution in [0.5, 0.6) is 17.2 Å². The van der Waals surface area contributed by atoms with Crippen LogP contribution in [-0.4, -0.2) is 25.1 Å². The molecule has 0 heterocycles. The lowest BCUT2D eigenvalue weighted by atomic mass is 10.1. The number of ketones is 1. The first-order valence-electron chi connectivity index (χ1n) is 7.02. The molecule has 0 saturated carbocycles. The second-order valence-electron chi connectivity index (χ2n) is 5.21. The number of fused-ring (bicyclic) bond motifs is 1. The number of allylic oxidation sites excluding steroid dienone is 1. The molecule has 0 radical (unpaired) electrons. The van der Waals surface area contributed by atoms with Gasteiger partial charge in [-0.15, -0.1) is 0 Å². The molecule has 0 atom stereocenters. The third-order valence-electron chi connectivity index (χ3n) is 3.89. The van der Waals surface area contributed by atoms with Crippen molar-refractivity contribution < 1.29 is 19.4 Å². The van der Waals surface area contributed by atoms with Crippen molar-refractivity contribution in [2.75, 3.05) is 14.2 Å². The predicted octanol–water partition coefficient (Wildman–Crippen LogP) is 3.99. The number of carbonyl (C=O) groups excluding carboxylic acids is 1. The molecule has 0 saturated heterocycles. The first kappa shape index (κ1) is 15.6. The van der Waals surface area contributed by atoms with Gasteiger partial charge in [0.2, 0.25) is 0 Å². The second kappa shape index (κ2) is 6.08. The van der Waals surface area contributed by atoms with Gasteiger partial charge in [0.05, 0.1) is 14.2 Å². The van der Waals surface area contributed by atoms with E-state index in [1.165, 1.54) is 0 Å². The molecule has 0 bridgehead atoms. The summed E-state index contributed by atoms with van der Waals surface area (Å²) in [4.78, 5) is 12.5. The van der Waals surface area contributed by atoms with Crippen LogP contribution in [0.2, 0.25) is 0 Å². The van der Waals surface area contributed by atoms with Gasteiger partial charge >= 0.3 is 0 Å². The third kappa shape index (κ3) is 2.72. The molecule has 1 aliphatic carbocycles. The highest BCUT2D eigenvalue weighted by molar-refractivity contribution is 9.10. The molecular weight excluding hydrogens is 360 g/mol. The number of hydrogen-bond acceptors (Lipinski definition) is 4. The zero-order valence-corrected chi connectivity index (χ0v) is 14.3. The summed E-state index contributed by atoms with van der Waals surface area (Å²) in [5, 5.41) is 9.91. The lowest BCUT2D eigenvalue weighted by molar-refractivity contribution is 0.104. The number of benzene rings is 2. The van der Waals surface area contributed by atoms with Gasteiger partial charge in [0.25, 0.3) is 0 Å². The molecule has 5 heteroatoms. The van der Waals surface area contributed by atoms with Crippen molar-refractivity contribution in [2.45, 2.75) is 6.42 Å². The van der Waals surface area contributed by atoms with E-state index in [1.807, 2.05) is 12.1 Å². The monoisotopic (exact) mass is 374 g/mol. The quantitative estimate of drug-likeness (QED) is 0.825. The summed E-state index contributed by atoms with van der Waals surface area (Å²) in [5.41, 5.74) is 2.70. The number of halogens is 1. The van der Waals surface area contributed by atoms with Gasteiger partial charge in [0.15, 0.2) is 17.3 Å². The van der Waals surface area contributed by atoms with Crippen LogP contribution in [0.15, 0.2) is 40.4 Å². The number of methoxy groups -OCH3 is 2. The van der Waals surface area contributed by atoms with E-state index in [4.69, 9.17) is 9.47 Å². The summed E-state index contributed by atoms with van der Waals surface area (Å²) in [5.74, 6) is 1.30. The molecular formula is C18H15BrO4. The molecule has 0 aliphatic heterocycles. The van der Waals surface area contributed by atoms with Crippen LogP contribution in [0.1, 0.15) is 21.5 Å². The summed E-state index contributed by atoms with van der Waals surface area (Å²) < 4.78 is 11.4. The Bertz CT molecular complexity index is 824. The summed E-state index contributed by atoms with van der Waals surface area (Å²) >= 11 is 3.49. The molecule has 0 aromatic heterocycles. The average Bonchev–Trinajstić information content (AvgIpc) is 2.87. The fourth-order valence-electron chi connectivity index (χ4n) is 2.70. The molecule has 1 aliphatic rings. The number of phenolic OH excluding ortho intramolecular Hbond substituents is 1. The Balaban J connectivity index is 2.04. The summed E-state index contributed by atoms with van der Waals surface area (Å²) in [7, 11) is 3.14. The first-order valence-corrected chi connectivity index (χ1v) is 7.82. The minimum atomic E-state index is -0.0578. The van der Waals surface area contributed by atoms with E-state index in [2.05, 4.69) is 15.9 Å². The molecule has 0 fully saturated rings. The van der Waals surface area contributed by atoms with E-state index in [0.717, 1.165) is 10.0 Å². The number of hydrogen-bond donors (Lipinski definition) is 1. The van der Waals surface area contributed by atoms with Crippen molar-refractivity contribution in [2.24, 2.45) is 0 Å². The highest BCUT2D eigenvalue weighted by Crippen LogP contribution is 2.37. The molecule has 3 rings (SSSR count). The number of aromatic hydroxyl groups is 1. The summed E-state index contributed by atoms with van der Waals surface area (Å²) in [6.45, 7) is 0. The zero-order valence-electron chi connectivity index (χ0n) is 12.7. The lowest BCUT2D eigenvalue weighted by Crippen LogP contribution is -1.96. The Hall–Kier alpha value is -2.27. The molecule has 0 amide bonds. The Morgan fingerprint density at radius 2 is 1.87 bits per heavy atom. The van der Waals surface area contributed by atoms with Crippen LogP contribution >= 0.6 is 15.9 Å². The normalized spacial score (nSPS) is 14.9. The third-order valence-corrected chi connectivity index (χ3v) is 4.57. The lowest BCUT2D eigenvalue weighted by Gasteiger charge is -2.10. The van der Waals surface area contributed by atoms with Gasteiger partial charge in [0.1, 0.15) is 5.75 Å². The van der Waals surface area contributed by atoms with Gasteiger partial charge in [-0.05, 0) is 29.8 Å². The van der Waals surface area contributed by atoms with E-state index in [9.17, 15) is 9.90 Å². The molecule has 4 nitrogen and oxygen atoms in total. The maximum atomic E-state index is 12.5. The van der Waals surface area contributed by atoms with Gasteiger partial charge in [-0.25, -0.2) is 0 Å². The topological polar surface area (TPSA) is 55.8 Å². The Kier molecular flexibility index (Phi) is 4.13. The smallest absolute Gasteiger partial charge is 0.189 e. The minimum Gasteiger partial charge on any atom is -0.508 e. The highest BCUT2D eigenvalue weighted by Gasteiger charge is 2.27. The van der Waals surface area contributed by atoms with Crippen LogP contribution in [0.4, 0.5) is 0 Å². The highest BCUT2D eigenvalue weighted by atomic mass is 79.9. The molecule has 118 valence electrons. The molecule has 0 unspecified atom stereocenters. The number of Topliss-reactive ketones (excluding diaryl/α,β-unsaturated/α-hetero) is 1. The number of phenols is 1. The average molecular weight is 375 g/mol. The van der Waals surface area contributed by atoms with Gasteiger partial charge in [-0.3, -0.25) is 4.79 Å². The van der Waals surface area contributed by atoms with E-state index in [0.29, 0.717) is 34.6 Å². The van der Waals surface area contributed by atoms with Crippen molar-refractivity contribution in [3.8, 4) is 17.2 Å². The predicted molar refractivity (Wildman–Crippen MR) is 91.4 cm³/mol. The Morgan fingerprint density at radius 1 is 1.17 bits per heavy atom. The fourth-order valence-corrected chi connectivity index (χ4v) is 3.14. The van der Waals surface area contributed by atoms with Crippen molar-refractivity contribution in [1.82, 2.24) is 0 Å². The molecule has 23 heavy (non-hydrogen) atoms. The van der Waals surface area contributed by atoms with Crippen LogP contribution in [0, 0.1) is 0 Å². The van der Waals surface area contributed by atoms with Gasteiger partial charge < -0.3 is 14.6 Å². The Labute approximate surface area is 142 Å². The van der Waals surface area contributed by atoms with Crippen LogP contribution in [0.3, 0.4) is 0 Å². The molecule has 0 spiro atoms. The van der Waals surface area contributed by atoms with Crippen LogP contribution in [-0.2, 0) is 6.42 Å². The van der Waals surface area contributed by atoms with E-state index >= 15 is 0 Å². The number of carbonyl (C=O) groups is 1. The number of rotatable bonds is 3. The standard InChI is InChI=1S/C18H15BrO4/c1-22-16-8-10(14(19)9-17(16)23-2)6-11-7-13-12(18(11)21)4-3-5-15(13)20/h3-6,8-9,20H,7H2,1-2H3/b11-6-. The van der Waals surface area contributed by atoms with Gasteiger partial charge in [-0.2, -0.15) is 0 Å². The van der Waals surface area contributed by atoms with Crippen LogP contribution in [0.25, 0.3) is 6.08 Å². The second-order valence-corrected chi connectivity index (χ2v) is 6.06. The Morgan fingerprint density at radius 3 is 2.52 bits per heavy atom. The van der Waals surface area contributed by atoms with Crippen molar-refractivity contribution >= 4 is 27.8 Å². The molecule has 1 N–H and O–H groups in total. The maximum Gasteiger partial charge on any atom is 0.189 e. The first-order chi connectivity index (χ1) is 11.0. The summed E-state index contributed by atoms with van der Waals surface area (Å²) in [6.07, 6.45) is 2.23. The van der Waals surface area contributed by atoms with Gasteiger partial charge in [0, 0.05) is 27.6 Å². The SMILES string of the molecule is COc1cc(Br)c(/C=C2/Cc3c(O)cccc3C2=O)cc1OC. The van der Waals surface area contributed by atoms with Crippen molar-refractivity contribution in [1.29, 1.82) is 0 Å². The zero-order chi connectivity index (χ0) is 16.6. The van der Waals surface area contributed by atoms with E-state index in [1.54, 1.807) is 38.5 Å².